The molecule has 0 aliphatic rings. The van der Waals surface area contributed by atoms with Gasteiger partial charge in [0.2, 0.25) is 0 Å². The van der Waals surface area contributed by atoms with Gasteiger partial charge in [-0.25, -0.2) is 8.78 Å². The highest BCUT2D eigenvalue weighted by molar-refractivity contribution is 6.32. The van der Waals surface area contributed by atoms with Crippen LogP contribution >= 0.6 is 11.6 Å². The Bertz CT molecular complexity index is 554. The van der Waals surface area contributed by atoms with Crippen molar-refractivity contribution >= 4 is 17.5 Å². The molecule has 1 aromatic carbocycles. The van der Waals surface area contributed by atoms with E-state index in [4.69, 9.17) is 26.8 Å². The van der Waals surface area contributed by atoms with E-state index in [0.29, 0.717) is 12.4 Å². The predicted molar refractivity (Wildman–Crippen MR) is 84.7 cm³/mol. The van der Waals surface area contributed by atoms with Gasteiger partial charge in [-0.05, 0) is 18.1 Å². The molecule has 0 unspecified atom stereocenters. The van der Waals surface area contributed by atoms with E-state index in [1.165, 1.54) is 19.2 Å². The molecular weight excluding hydrogens is 330 g/mol. The van der Waals surface area contributed by atoms with Gasteiger partial charge in [0.05, 0.1) is 31.8 Å². The molecular formula is C15H21ClF2N2O3. The smallest absolute Gasteiger partial charge is 0.277 e. The van der Waals surface area contributed by atoms with Crippen molar-refractivity contribution in [2.75, 3.05) is 26.8 Å². The van der Waals surface area contributed by atoms with Gasteiger partial charge in [-0.3, -0.25) is 4.79 Å². The van der Waals surface area contributed by atoms with E-state index in [9.17, 15) is 13.6 Å². The van der Waals surface area contributed by atoms with Crippen LogP contribution in [0.15, 0.2) is 12.1 Å². The van der Waals surface area contributed by atoms with E-state index in [2.05, 4.69) is 5.32 Å². The van der Waals surface area contributed by atoms with Crippen LogP contribution in [0.2, 0.25) is 5.02 Å². The molecule has 0 aromatic heterocycles. The molecule has 3 N–H and O–H groups in total. The number of carbonyl (C=O) groups excluding carboxylic acids is 1. The molecule has 0 aliphatic carbocycles. The molecule has 0 atom stereocenters. The summed E-state index contributed by atoms with van der Waals surface area (Å²) in [6, 6.07) is 2.73. The predicted octanol–water partition coefficient (Wildman–Crippen LogP) is 2.71. The first-order chi connectivity index (χ1) is 10.7. The molecule has 23 heavy (non-hydrogen) atoms. The number of nitrogens with two attached hydrogens (primary N) is 1. The van der Waals surface area contributed by atoms with Crippen molar-refractivity contribution in [1.29, 1.82) is 0 Å². The molecule has 0 bridgehead atoms. The molecule has 1 rings (SSSR count). The van der Waals surface area contributed by atoms with E-state index >= 15 is 0 Å². The van der Waals surface area contributed by atoms with Crippen molar-refractivity contribution in [1.82, 2.24) is 5.32 Å². The van der Waals surface area contributed by atoms with Gasteiger partial charge in [-0.2, -0.15) is 0 Å². The molecule has 0 saturated carbocycles. The van der Waals surface area contributed by atoms with Crippen molar-refractivity contribution in [3.8, 4) is 11.5 Å². The molecule has 8 heteroatoms. The number of amides is 1. The number of ether oxygens (including phenoxy) is 2. The Balaban J connectivity index is 2.92. The minimum Gasteiger partial charge on any atom is -0.493 e. The lowest BCUT2D eigenvalue weighted by atomic mass is 10.1. The van der Waals surface area contributed by atoms with Gasteiger partial charge < -0.3 is 20.5 Å². The van der Waals surface area contributed by atoms with Gasteiger partial charge in [-0.1, -0.05) is 25.4 Å². The number of alkyl halides is 2. The second kappa shape index (κ2) is 8.31. The first-order valence-corrected chi connectivity index (χ1v) is 7.44. The van der Waals surface area contributed by atoms with Gasteiger partial charge >= 0.3 is 0 Å². The zero-order valence-corrected chi connectivity index (χ0v) is 14.0. The minimum atomic E-state index is -3.16. The van der Waals surface area contributed by atoms with Crippen LogP contribution in [0.5, 0.6) is 11.5 Å². The van der Waals surface area contributed by atoms with Crippen LogP contribution in [0.1, 0.15) is 24.2 Å². The van der Waals surface area contributed by atoms with Gasteiger partial charge in [0, 0.05) is 5.56 Å². The van der Waals surface area contributed by atoms with Gasteiger partial charge in [-0.15, -0.1) is 0 Å². The Morgan fingerprint density at radius 2 is 2.09 bits per heavy atom. The molecule has 0 aliphatic heterocycles. The van der Waals surface area contributed by atoms with E-state index in [1.807, 2.05) is 13.8 Å². The summed E-state index contributed by atoms with van der Waals surface area (Å²) in [6.45, 7) is 2.66. The zero-order valence-electron chi connectivity index (χ0n) is 13.3. The molecule has 0 radical (unpaired) electrons. The number of hydrogen-bond acceptors (Lipinski definition) is 4. The Morgan fingerprint density at radius 3 is 2.61 bits per heavy atom. The van der Waals surface area contributed by atoms with Crippen molar-refractivity contribution in [2.24, 2.45) is 11.7 Å². The van der Waals surface area contributed by atoms with Crippen molar-refractivity contribution in [3.63, 3.8) is 0 Å². The maximum atomic E-state index is 13.1. The topological polar surface area (TPSA) is 73.6 Å². The third-order valence-electron chi connectivity index (χ3n) is 2.86. The number of nitrogens with one attached hydrogen (secondary N) is 1. The van der Waals surface area contributed by atoms with Crippen LogP contribution in [0.3, 0.4) is 0 Å². The Morgan fingerprint density at radius 1 is 1.43 bits per heavy atom. The zero-order chi connectivity index (χ0) is 17.6. The second-order valence-electron chi connectivity index (χ2n) is 5.44. The lowest BCUT2D eigenvalue weighted by Gasteiger charge is -2.17. The Hall–Kier alpha value is -1.60. The summed E-state index contributed by atoms with van der Waals surface area (Å²) < 4.78 is 36.9. The number of halogens is 3. The van der Waals surface area contributed by atoms with Crippen LogP contribution in [0.25, 0.3) is 0 Å². The van der Waals surface area contributed by atoms with Crippen LogP contribution in [0.4, 0.5) is 8.78 Å². The molecule has 1 aromatic rings. The van der Waals surface area contributed by atoms with Crippen molar-refractivity contribution in [2.45, 2.75) is 19.8 Å². The number of benzene rings is 1. The van der Waals surface area contributed by atoms with E-state index in [-0.39, 0.29) is 22.3 Å². The highest BCUT2D eigenvalue weighted by Crippen LogP contribution is 2.36. The SMILES string of the molecule is COc1cc(C(=O)NCC(F)(F)CN)cc(Cl)c1OCC(C)C. The molecule has 0 heterocycles. The van der Waals surface area contributed by atoms with Crippen LogP contribution in [0, 0.1) is 5.92 Å². The van der Waals surface area contributed by atoms with Crippen LogP contribution < -0.4 is 20.5 Å². The maximum Gasteiger partial charge on any atom is 0.277 e. The number of rotatable bonds is 8. The summed E-state index contributed by atoms with van der Waals surface area (Å²) in [4.78, 5) is 12.0. The number of carbonyl (C=O) groups is 1. The Labute approximate surface area is 139 Å². The lowest BCUT2D eigenvalue weighted by Crippen LogP contribution is -2.41. The quantitative estimate of drug-likeness (QED) is 0.756. The number of hydrogen-bond donors (Lipinski definition) is 2. The van der Waals surface area contributed by atoms with E-state index in [1.54, 1.807) is 0 Å². The fraction of sp³-hybridized carbons (Fsp3) is 0.533. The molecule has 1 amide bonds. The highest BCUT2D eigenvalue weighted by atomic mass is 35.5. The fourth-order valence-corrected chi connectivity index (χ4v) is 1.89. The van der Waals surface area contributed by atoms with Crippen molar-refractivity contribution in [3.05, 3.63) is 22.7 Å². The summed E-state index contributed by atoms with van der Waals surface area (Å²) in [6.07, 6.45) is 0. The largest absolute Gasteiger partial charge is 0.493 e. The first-order valence-electron chi connectivity index (χ1n) is 7.06. The average Bonchev–Trinajstić information content (AvgIpc) is 2.50. The van der Waals surface area contributed by atoms with Gasteiger partial charge in [0.25, 0.3) is 11.8 Å². The maximum absolute atomic E-state index is 13.1. The second-order valence-corrected chi connectivity index (χ2v) is 5.84. The van der Waals surface area contributed by atoms with E-state index < -0.39 is 24.9 Å². The lowest BCUT2D eigenvalue weighted by molar-refractivity contribution is 0.0118. The third-order valence-corrected chi connectivity index (χ3v) is 3.14. The minimum absolute atomic E-state index is 0.0940. The normalized spacial score (nSPS) is 11.5. The van der Waals surface area contributed by atoms with Crippen molar-refractivity contribution < 1.29 is 23.0 Å². The van der Waals surface area contributed by atoms with E-state index in [0.717, 1.165) is 0 Å². The van der Waals surface area contributed by atoms with Gasteiger partial charge in [0.15, 0.2) is 11.5 Å². The highest BCUT2D eigenvalue weighted by Gasteiger charge is 2.27. The summed E-state index contributed by atoms with van der Waals surface area (Å²) >= 11 is 6.11. The summed E-state index contributed by atoms with van der Waals surface area (Å²) in [5.74, 6) is -3.02. The average molecular weight is 351 g/mol. The number of methoxy groups -OCH3 is 1. The molecule has 0 fully saturated rings. The summed E-state index contributed by atoms with van der Waals surface area (Å²) in [5.41, 5.74) is 5.01. The summed E-state index contributed by atoms with van der Waals surface area (Å²) in [7, 11) is 1.40. The van der Waals surface area contributed by atoms with Gasteiger partial charge in [0.1, 0.15) is 0 Å². The molecule has 130 valence electrons. The first kappa shape index (κ1) is 19.4. The molecule has 0 spiro atoms. The van der Waals surface area contributed by atoms with Crippen LogP contribution in [-0.4, -0.2) is 38.6 Å². The summed E-state index contributed by atoms with van der Waals surface area (Å²) in [5, 5.41) is 2.28. The molecule has 5 nitrogen and oxygen atoms in total. The standard InChI is InChI=1S/C15H21ClF2N2O3/c1-9(2)6-23-13-11(16)4-10(5-12(13)22-3)14(21)20-8-15(17,18)7-19/h4-5,9H,6-8,19H2,1-3H3,(H,20,21). The monoisotopic (exact) mass is 350 g/mol. The Kier molecular flexibility index (Phi) is 7.02. The van der Waals surface area contributed by atoms with Crippen LogP contribution in [-0.2, 0) is 0 Å². The third kappa shape index (κ3) is 5.84. The molecule has 0 saturated heterocycles. The fourth-order valence-electron chi connectivity index (χ4n) is 1.62.